The molecule has 2 aromatic carbocycles. The maximum Gasteiger partial charge on any atom is 0.339 e. The SMILES string of the molecule is COCC1CCCCN1C(=O)c1cccc(-c2cccc(-n3ncc(C(=O)O)c3C3C[C@H]3c3cn(C)nn3)c2)c1F. The molecule has 1 aliphatic heterocycles. The van der Waals surface area contributed by atoms with E-state index in [9.17, 15) is 14.7 Å². The number of likely N-dealkylation sites (tertiary alicyclic amines) is 1. The largest absolute Gasteiger partial charge is 0.478 e. The van der Waals surface area contributed by atoms with Crippen molar-refractivity contribution in [2.24, 2.45) is 7.05 Å². The van der Waals surface area contributed by atoms with Gasteiger partial charge in [0.1, 0.15) is 11.4 Å². The van der Waals surface area contributed by atoms with Crippen LogP contribution in [0.25, 0.3) is 16.8 Å². The van der Waals surface area contributed by atoms with E-state index < -0.39 is 11.8 Å². The quantitative estimate of drug-likeness (QED) is 0.340. The second kappa shape index (κ2) is 10.9. The molecule has 4 aromatic rings. The van der Waals surface area contributed by atoms with E-state index in [0.717, 1.165) is 31.4 Å². The fraction of sp³-hybridized carbons (Fsp3) is 0.367. The van der Waals surface area contributed by atoms with E-state index in [1.165, 1.54) is 12.3 Å². The molecule has 41 heavy (non-hydrogen) atoms. The van der Waals surface area contributed by atoms with Crippen molar-refractivity contribution < 1.29 is 23.8 Å². The summed E-state index contributed by atoms with van der Waals surface area (Å²) in [6.45, 7) is 0.981. The van der Waals surface area contributed by atoms with Crippen LogP contribution in [0.3, 0.4) is 0 Å². The molecule has 0 radical (unpaired) electrons. The molecule has 1 N–H and O–H groups in total. The molecule has 11 heteroatoms. The van der Waals surface area contributed by atoms with Crippen LogP contribution in [0, 0.1) is 5.82 Å². The summed E-state index contributed by atoms with van der Waals surface area (Å²) in [5.74, 6) is -2.04. The van der Waals surface area contributed by atoms with Gasteiger partial charge in [0.2, 0.25) is 0 Å². The number of carboxylic acids is 1. The van der Waals surface area contributed by atoms with Crippen molar-refractivity contribution in [2.75, 3.05) is 20.3 Å². The molecule has 1 saturated heterocycles. The summed E-state index contributed by atoms with van der Waals surface area (Å²) in [5, 5.41) is 22.5. The predicted molar refractivity (Wildman–Crippen MR) is 148 cm³/mol. The maximum absolute atomic E-state index is 16.0. The van der Waals surface area contributed by atoms with Gasteiger partial charge in [-0.2, -0.15) is 5.10 Å². The highest BCUT2D eigenvalue weighted by Gasteiger charge is 2.46. The van der Waals surface area contributed by atoms with Crippen LogP contribution in [0.4, 0.5) is 4.39 Å². The Balaban J connectivity index is 1.34. The predicted octanol–water partition coefficient (Wildman–Crippen LogP) is 4.42. The molecule has 10 nitrogen and oxygen atoms in total. The monoisotopic (exact) mass is 558 g/mol. The number of carbonyl (C=O) groups is 2. The summed E-state index contributed by atoms with van der Waals surface area (Å²) >= 11 is 0. The summed E-state index contributed by atoms with van der Waals surface area (Å²) in [5.41, 5.74) is 2.97. The van der Waals surface area contributed by atoms with Crippen molar-refractivity contribution in [1.82, 2.24) is 29.7 Å². The molecule has 3 atom stereocenters. The number of hydrogen-bond acceptors (Lipinski definition) is 6. The fourth-order valence-electron chi connectivity index (χ4n) is 5.96. The first-order valence-corrected chi connectivity index (χ1v) is 13.7. The molecule has 2 aliphatic rings. The minimum atomic E-state index is -1.06. The van der Waals surface area contributed by atoms with Crippen molar-refractivity contribution in [2.45, 2.75) is 43.6 Å². The number of ether oxygens (including phenoxy) is 1. The van der Waals surface area contributed by atoms with Crippen LogP contribution in [0.15, 0.2) is 54.9 Å². The zero-order valence-electron chi connectivity index (χ0n) is 22.9. The van der Waals surface area contributed by atoms with Crippen LogP contribution in [-0.4, -0.2) is 73.0 Å². The zero-order valence-corrected chi connectivity index (χ0v) is 22.9. The van der Waals surface area contributed by atoms with E-state index in [-0.39, 0.29) is 40.5 Å². The smallest absolute Gasteiger partial charge is 0.339 e. The molecular weight excluding hydrogens is 527 g/mol. The highest BCUT2D eigenvalue weighted by Crippen LogP contribution is 2.55. The first kappa shape index (κ1) is 26.8. The summed E-state index contributed by atoms with van der Waals surface area (Å²) in [7, 11) is 3.40. The topological polar surface area (TPSA) is 115 Å². The Kier molecular flexibility index (Phi) is 7.12. The molecule has 1 aliphatic carbocycles. The van der Waals surface area contributed by atoms with E-state index in [1.807, 2.05) is 6.20 Å². The number of carboxylic acid groups (broad SMARTS) is 1. The molecule has 0 bridgehead atoms. The number of methoxy groups -OCH3 is 1. The normalized spacial score (nSPS) is 20.3. The summed E-state index contributed by atoms with van der Waals surface area (Å²) in [4.78, 5) is 27.3. The van der Waals surface area contributed by atoms with Gasteiger partial charge in [-0.15, -0.1) is 5.10 Å². The molecule has 0 spiro atoms. The number of amides is 1. The minimum Gasteiger partial charge on any atom is -0.478 e. The third kappa shape index (κ3) is 5.01. The number of halogens is 1. The third-order valence-electron chi connectivity index (χ3n) is 8.06. The number of hydrogen-bond donors (Lipinski definition) is 1. The van der Waals surface area contributed by atoms with Crippen LogP contribution in [0.5, 0.6) is 0 Å². The van der Waals surface area contributed by atoms with Gasteiger partial charge in [-0.25, -0.2) is 13.9 Å². The summed E-state index contributed by atoms with van der Waals surface area (Å²) in [6.07, 6.45) is 6.62. The number of benzene rings is 2. The first-order chi connectivity index (χ1) is 19.9. The van der Waals surface area contributed by atoms with Gasteiger partial charge in [-0.05, 0) is 49.4 Å². The fourth-order valence-corrected chi connectivity index (χ4v) is 5.96. The van der Waals surface area contributed by atoms with Gasteiger partial charge in [0, 0.05) is 44.3 Å². The van der Waals surface area contributed by atoms with E-state index in [1.54, 1.807) is 64.8 Å². The van der Waals surface area contributed by atoms with Crippen LogP contribution < -0.4 is 0 Å². The van der Waals surface area contributed by atoms with Gasteiger partial charge < -0.3 is 14.7 Å². The average Bonchev–Trinajstić information content (AvgIpc) is 3.42. The lowest BCUT2D eigenvalue weighted by molar-refractivity contribution is 0.0424. The standard InChI is InChI=1S/C30H31FN6O4/c1-35-16-26(33-34-35)23-14-24(23)28-25(30(39)40)15-32-37(28)19-9-5-7-18(13-19)21-10-6-11-22(27(21)31)29(38)36-12-4-3-8-20(36)17-41-2/h5-7,9-11,13,15-16,20,23-24H,3-4,8,12,14,17H2,1-2H3,(H,39,40)/t20?,23-,24?/m1/s1. The molecule has 2 fully saturated rings. The molecular formula is C30H31FN6O4. The number of carbonyl (C=O) groups excluding carboxylic acids is 1. The van der Waals surface area contributed by atoms with Crippen LogP contribution in [0.1, 0.15) is 69.6 Å². The van der Waals surface area contributed by atoms with Crippen molar-refractivity contribution in [3.63, 3.8) is 0 Å². The Morgan fingerprint density at radius 1 is 1.12 bits per heavy atom. The van der Waals surface area contributed by atoms with Gasteiger partial charge in [-0.1, -0.05) is 29.5 Å². The Morgan fingerprint density at radius 3 is 2.71 bits per heavy atom. The number of aromatic nitrogens is 5. The molecule has 212 valence electrons. The second-order valence-electron chi connectivity index (χ2n) is 10.7. The number of aromatic carboxylic acids is 1. The van der Waals surface area contributed by atoms with Crippen LogP contribution in [-0.2, 0) is 11.8 Å². The van der Waals surface area contributed by atoms with Crippen molar-refractivity contribution >= 4 is 11.9 Å². The number of nitrogens with zero attached hydrogens (tertiary/aromatic N) is 6. The van der Waals surface area contributed by atoms with Gasteiger partial charge in [0.25, 0.3) is 5.91 Å². The van der Waals surface area contributed by atoms with Gasteiger partial charge in [0.15, 0.2) is 0 Å². The average molecular weight is 559 g/mol. The molecule has 1 saturated carbocycles. The first-order valence-electron chi connectivity index (χ1n) is 13.7. The Hall–Kier alpha value is -4.38. The van der Waals surface area contributed by atoms with Crippen molar-refractivity contribution in [3.05, 3.63) is 83.2 Å². The molecule has 1 amide bonds. The molecule has 2 unspecified atom stereocenters. The second-order valence-corrected chi connectivity index (χ2v) is 10.7. The third-order valence-corrected chi connectivity index (χ3v) is 8.06. The van der Waals surface area contributed by atoms with Gasteiger partial charge >= 0.3 is 5.97 Å². The molecule has 6 rings (SSSR count). The van der Waals surface area contributed by atoms with E-state index in [2.05, 4.69) is 15.4 Å². The summed E-state index contributed by atoms with van der Waals surface area (Å²) in [6, 6.07) is 11.9. The lowest BCUT2D eigenvalue weighted by Crippen LogP contribution is -2.46. The molecule has 2 aromatic heterocycles. The number of piperidine rings is 1. The van der Waals surface area contributed by atoms with E-state index >= 15 is 4.39 Å². The lowest BCUT2D eigenvalue weighted by Gasteiger charge is -2.35. The highest BCUT2D eigenvalue weighted by atomic mass is 19.1. The van der Waals surface area contributed by atoms with Crippen LogP contribution in [0.2, 0.25) is 0 Å². The zero-order chi connectivity index (χ0) is 28.7. The number of rotatable bonds is 8. The summed E-state index contributed by atoms with van der Waals surface area (Å²) < 4.78 is 24.5. The van der Waals surface area contributed by atoms with Crippen molar-refractivity contribution in [3.8, 4) is 16.8 Å². The van der Waals surface area contributed by atoms with Crippen LogP contribution >= 0.6 is 0 Å². The van der Waals surface area contributed by atoms with Crippen molar-refractivity contribution in [1.29, 1.82) is 0 Å². The Labute approximate surface area is 236 Å². The van der Waals surface area contributed by atoms with Gasteiger partial charge in [0.05, 0.1) is 41.5 Å². The maximum atomic E-state index is 16.0. The molecule has 3 heterocycles. The highest BCUT2D eigenvalue weighted by molar-refractivity contribution is 5.96. The van der Waals surface area contributed by atoms with E-state index in [0.29, 0.717) is 30.1 Å². The van der Waals surface area contributed by atoms with Gasteiger partial charge in [-0.3, -0.25) is 9.48 Å². The Bertz CT molecular complexity index is 1610. The Morgan fingerprint density at radius 2 is 1.95 bits per heavy atom. The number of aryl methyl sites for hydroxylation is 1. The lowest BCUT2D eigenvalue weighted by atomic mass is 9.98. The van der Waals surface area contributed by atoms with E-state index in [4.69, 9.17) is 4.74 Å². The minimum absolute atomic E-state index is 0.0219.